The van der Waals surface area contributed by atoms with E-state index in [-0.39, 0.29) is 0 Å². The molecule has 0 radical (unpaired) electrons. The molecule has 2 rings (SSSR count). The number of aryl methyl sites for hydroxylation is 2. The Labute approximate surface area is 129 Å². The molecule has 0 aliphatic carbocycles. The van der Waals surface area contributed by atoms with Crippen LogP contribution >= 0.6 is 22.9 Å². The molecule has 1 unspecified atom stereocenters. The third-order valence-electron chi connectivity index (χ3n) is 3.43. The Hall–Kier alpha value is -1.03. The lowest BCUT2D eigenvalue weighted by Crippen LogP contribution is -2.19. The van der Waals surface area contributed by atoms with Crippen LogP contribution in [0.3, 0.4) is 0 Å². The van der Waals surface area contributed by atoms with E-state index < -0.39 is 0 Å². The normalized spacial score (nSPS) is 12.4. The zero-order chi connectivity index (χ0) is 14.7. The van der Waals surface area contributed by atoms with Gasteiger partial charge < -0.3 is 10.1 Å². The maximum atomic E-state index is 6.26. The molecule has 1 aromatic carbocycles. The molecule has 108 valence electrons. The number of hydrogen-bond donors (Lipinski definition) is 1. The molecule has 1 aromatic heterocycles. The minimum absolute atomic E-state index is 0.293. The van der Waals surface area contributed by atoms with Crippen molar-refractivity contribution in [2.45, 2.75) is 33.4 Å². The summed E-state index contributed by atoms with van der Waals surface area (Å²) in [6, 6.07) is 8.28. The van der Waals surface area contributed by atoms with E-state index in [2.05, 4.69) is 32.2 Å². The van der Waals surface area contributed by atoms with Gasteiger partial charge in [-0.2, -0.15) is 0 Å². The SMILES string of the molecule is COc1cccc(Cl)c1CNC(C)c1cc(C)sc1C. The highest BCUT2D eigenvalue weighted by molar-refractivity contribution is 7.12. The van der Waals surface area contributed by atoms with Crippen LogP contribution in [0.25, 0.3) is 0 Å². The number of thiophene rings is 1. The third kappa shape index (κ3) is 3.35. The van der Waals surface area contributed by atoms with Crippen LogP contribution in [-0.4, -0.2) is 7.11 Å². The minimum Gasteiger partial charge on any atom is -0.496 e. The van der Waals surface area contributed by atoms with Gasteiger partial charge in [0.1, 0.15) is 5.75 Å². The molecule has 0 saturated carbocycles. The summed E-state index contributed by atoms with van der Waals surface area (Å²) in [4.78, 5) is 2.72. The van der Waals surface area contributed by atoms with Crippen molar-refractivity contribution in [2.75, 3.05) is 7.11 Å². The molecule has 0 aliphatic rings. The van der Waals surface area contributed by atoms with Gasteiger partial charge in [0.05, 0.1) is 7.11 Å². The van der Waals surface area contributed by atoms with Crippen LogP contribution in [0.1, 0.15) is 33.8 Å². The fourth-order valence-electron chi connectivity index (χ4n) is 2.35. The van der Waals surface area contributed by atoms with Gasteiger partial charge in [0.25, 0.3) is 0 Å². The Morgan fingerprint density at radius 3 is 2.70 bits per heavy atom. The van der Waals surface area contributed by atoms with E-state index in [1.807, 2.05) is 29.5 Å². The molecule has 1 heterocycles. The lowest BCUT2D eigenvalue weighted by molar-refractivity contribution is 0.406. The first-order valence-electron chi connectivity index (χ1n) is 6.64. The molecule has 4 heteroatoms. The molecule has 0 spiro atoms. The highest BCUT2D eigenvalue weighted by atomic mass is 35.5. The van der Waals surface area contributed by atoms with E-state index >= 15 is 0 Å². The van der Waals surface area contributed by atoms with Crippen LogP contribution in [0, 0.1) is 13.8 Å². The molecule has 0 bridgehead atoms. The van der Waals surface area contributed by atoms with Gasteiger partial charge in [-0.15, -0.1) is 11.3 Å². The molecule has 0 aliphatic heterocycles. The topological polar surface area (TPSA) is 21.3 Å². The van der Waals surface area contributed by atoms with Crippen LogP contribution in [0.2, 0.25) is 5.02 Å². The zero-order valence-electron chi connectivity index (χ0n) is 12.3. The average molecular weight is 310 g/mol. The molecular formula is C16H20ClNOS. The van der Waals surface area contributed by atoms with Crippen molar-refractivity contribution in [3.8, 4) is 5.75 Å². The Bertz CT molecular complexity index is 594. The fourth-order valence-corrected chi connectivity index (χ4v) is 3.60. The van der Waals surface area contributed by atoms with E-state index in [1.54, 1.807) is 7.11 Å². The first-order valence-corrected chi connectivity index (χ1v) is 7.84. The molecule has 0 saturated heterocycles. The number of hydrogen-bond acceptors (Lipinski definition) is 3. The first-order chi connectivity index (χ1) is 9.52. The molecule has 1 atom stereocenters. The summed E-state index contributed by atoms with van der Waals surface area (Å²) in [6.45, 7) is 7.18. The van der Waals surface area contributed by atoms with Crippen molar-refractivity contribution in [1.29, 1.82) is 0 Å². The van der Waals surface area contributed by atoms with Crippen molar-refractivity contribution in [1.82, 2.24) is 5.32 Å². The largest absolute Gasteiger partial charge is 0.496 e. The summed E-state index contributed by atoms with van der Waals surface area (Å²) in [5.74, 6) is 0.829. The van der Waals surface area contributed by atoms with Crippen LogP contribution < -0.4 is 10.1 Å². The summed E-state index contributed by atoms with van der Waals surface area (Å²) in [5, 5.41) is 4.27. The average Bonchev–Trinajstić information content (AvgIpc) is 2.75. The Kier molecular flexibility index (Phi) is 5.08. The lowest BCUT2D eigenvalue weighted by atomic mass is 10.1. The van der Waals surface area contributed by atoms with Crippen LogP contribution in [0.5, 0.6) is 5.75 Å². The third-order valence-corrected chi connectivity index (χ3v) is 4.76. The zero-order valence-corrected chi connectivity index (χ0v) is 13.9. The van der Waals surface area contributed by atoms with E-state index in [1.165, 1.54) is 15.3 Å². The van der Waals surface area contributed by atoms with Crippen LogP contribution in [-0.2, 0) is 6.54 Å². The van der Waals surface area contributed by atoms with Gasteiger partial charge in [-0.05, 0) is 44.5 Å². The van der Waals surface area contributed by atoms with Crippen LogP contribution in [0.4, 0.5) is 0 Å². The van der Waals surface area contributed by atoms with E-state index in [0.29, 0.717) is 12.6 Å². The molecule has 0 fully saturated rings. The summed E-state index contributed by atoms with van der Waals surface area (Å²) >= 11 is 8.09. The maximum absolute atomic E-state index is 6.26. The van der Waals surface area contributed by atoms with Gasteiger partial charge in [0, 0.05) is 32.9 Å². The molecule has 1 N–H and O–H groups in total. The molecule has 20 heavy (non-hydrogen) atoms. The second-order valence-corrected chi connectivity index (χ2v) is 6.76. The quantitative estimate of drug-likeness (QED) is 0.850. The first kappa shape index (κ1) is 15.4. The van der Waals surface area contributed by atoms with Gasteiger partial charge >= 0.3 is 0 Å². The van der Waals surface area contributed by atoms with E-state index in [0.717, 1.165) is 16.3 Å². The predicted molar refractivity (Wildman–Crippen MR) is 87.1 cm³/mol. The van der Waals surface area contributed by atoms with Gasteiger partial charge in [-0.3, -0.25) is 0 Å². The number of methoxy groups -OCH3 is 1. The smallest absolute Gasteiger partial charge is 0.124 e. The van der Waals surface area contributed by atoms with Crippen molar-refractivity contribution < 1.29 is 4.74 Å². The summed E-state index contributed by atoms with van der Waals surface area (Å²) in [7, 11) is 1.67. The van der Waals surface area contributed by atoms with Gasteiger partial charge in [-0.1, -0.05) is 17.7 Å². The molecule has 2 nitrogen and oxygen atoms in total. The van der Waals surface area contributed by atoms with Crippen molar-refractivity contribution in [2.24, 2.45) is 0 Å². The minimum atomic E-state index is 0.293. The number of nitrogens with one attached hydrogen (secondary N) is 1. The Balaban J connectivity index is 2.11. The molecule has 0 amide bonds. The van der Waals surface area contributed by atoms with E-state index in [4.69, 9.17) is 16.3 Å². The summed E-state index contributed by atoms with van der Waals surface area (Å²) < 4.78 is 5.37. The predicted octanol–water partition coefficient (Wildman–Crippen LogP) is 4.88. The summed E-state index contributed by atoms with van der Waals surface area (Å²) in [5.41, 5.74) is 2.37. The molecular weight excluding hydrogens is 290 g/mol. The fraction of sp³-hybridized carbons (Fsp3) is 0.375. The van der Waals surface area contributed by atoms with Crippen molar-refractivity contribution >= 4 is 22.9 Å². The lowest BCUT2D eigenvalue weighted by Gasteiger charge is -2.16. The Morgan fingerprint density at radius 2 is 2.10 bits per heavy atom. The number of benzene rings is 1. The molecule has 2 aromatic rings. The van der Waals surface area contributed by atoms with Gasteiger partial charge in [-0.25, -0.2) is 0 Å². The van der Waals surface area contributed by atoms with Gasteiger partial charge in [0.15, 0.2) is 0 Å². The second kappa shape index (κ2) is 6.61. The summed E-state index contributed by atoms with van der Waals surface area (Å²) in [6.07, 6.45) is 0. The standard InChI is InChI=1S/C16H20ClNOS/c1-10-8-13(12(3)20-10)11(2)18-9-14-15(17)6-5-7-16(14)19-4/h5-8,11,18H,9H2,1-4H3. The van der Waals surface area contributed by atoms with Gasteiger partial charge in [0.2, 0.25) is 0 Å². The second-order valence-electron chi connectivity index (χ2n) is 4.89. The van der Waals surface area contributed by atoms with Crippen LogP contribution in [0.15, 0.2) is 24.3 Å². The number of ether oxygens (including phenoxy) is 1. The number of halogens is 1. The van der Waals surface area contributed by atoms with Crippen molar-refractivity contribution in [3.05, 3.63) is 50.2 Å². The van der Waals surface area contributed by atoms with E-state index in [9.17, 15) is 0 Å². The monoisotopic (exact) mass is 309 g/mol. The maximum Gasteiger partial charge on any atom is 0.124 e. The Morgan fingerprint density at radius 1 is 1.35 bits per heavy atom. The van der Waals surface area contributed by atoms with Crippen molar-refractivity contribution in [3.63, 3.8) is 0 Å². The highest BCUT2D eigenvalue weighted by Gasteiger charge is 2.13. The highest BCUT2D eigenvalue weighted by Crippen LogP contribution is 2.29. The number of rotatable bonds is 5.